The van der Waals surface area contributed by atoms with E-state index in [1.165, 1.54) is 37.6 Å². The Morgan fingerprint density at radius 2 is 2.15 bits per heavy atom. The third kappa shape index (κ3) is 3.21. The molecule has 1 saturated heterocycles. The van der Waals surface area contributed by atoms with E-state index in [9.17, 15) is 4.39 Å². The fourth-order valence-corrected chi connectivity index (χ4v) is 3.60. The Labute approximate surface area is 121 Å². The Hall–Kier alpha value is -0.930. The highest BCUT2D eigenvalue weighted by Crippen LogP contribution is 2.37. The summed E-state index contributed by atoms with van der Waals surface area (Å²) in [4.78, 5) is 2.53. The highest BCUT2D eigenvalue weighted by atomic mass is 19.1. The Kier molecular flexibility index (Phi) is 4.37. The number of hydrogen-bond donors (Lipinski definition) is 1. The highest BCUT2D eigenvalue weighted by molar-refractivity contribution is 5.23. The Morgan fingerprint density at radius 1 is 1.30 bits per heavy atom. The molecule has 0 amide bonds. The zero-order valence-electron chi connectivity index (χ0n) is 12.3. The van der Waals surface area contributed by atoms with Gasteiger partial charge in [0.25, 0.3) is 0 Å². The lowest BCUT2D eigenvalue weighted by atomic mass is 9.75. The predicted molar refractivity (Wildman–Crippen MR) is 80.4 cm³/mol. The van der Waals surface area contributed by atoms with Crippen LogP contribution in [-0.4, -0.2) is 36.6 Å². The topological polar surface area (TPSA) is 15.3 Å². The predicted octanol–water partition coefficient (Wildman–Crippen LogP) is 3.15. The molecule has 2 aliphatic rings. The average molecular weight is 276 g/mol. The number of halogens is 1. The summed E-state index contributed by atoms with van der Waals surface area (Å²) >= 11 is 0. The maximum absolute atomic E-state index is 13.2. The van der Waals surface area contributed by atoms with E-state index in [1.807, 2.05) is 6.07 Å². The van der Waals surface area contributed by atoms with Gasteiger partial charge in [-0.2, -0.15) is 0 Å². The van der Waals surface area contributed by atoms with Gasteiger partial charge in [-0.1, -0.05) is 19.1 Å². The summed E-state index contributed by atoms with van der Waals surface area (Å²) in [5, 5.41) is 3.80. The van der Waals surface area contributed by atoms with Crippen LogP contribution in [0.25, 0.3) is 0 Å². The molecule has 0 spiro atoms. The molecule has 0 bridgehead atoms. The van der Waals surface area contributed by atoms with Crippen molar-refractivity contribution in [3.8, 4) is 0 Å². The summed E-state index contributed by atoms with van der Waals surface area (Å²) in [5.74, 6) is 0.443. The van der Waals surface area contributed by atoms with Gasteiger partial charge in [-0.05, 0) is 62.4 Å². The number of nitrogens with one attached hydrogen (secondary N) is 1. The number of likely N-dealkylation sites (tertiary alicyclic amines) is 1. The van der Waals surface area contributed by atoms with Crippen molar-refractivity contribution in [3.63, 3.8) is 0 Å². The molecule has 3 rings (SSSR count). The first kappa shape index (κ1) is 14.0. The lowest BCUT2D eigenvalue weighted by Gasteiger charge is -2.41. The van der Waals surface area contributed by atoms with Gasteiger partial charge in [0, 0.05) is 18.6 Å². The molecule has 0 radical (unpaired) electrons. The highest BCUT2D eigenvalue weighted by Gasteiger charge is 2.32. The van der Waals surface area contributed by atoms with Gasteiger partial charge in [-0.3, -0.25) is 0 Å². The van der Waals surface area contributed by atoms with E-state index in [0.29, 0.717) is 18.0 Å². The molecule has 1 aliphatic carbocycles. The van der Waals surface area contributed by atoms with E-state index in [4.69, 9.17) is 0 Å². The second-order valence-electron chi connectivity index (χ2n) is 6.32. The van der Waals surface area contributed by atoms with Crippen LogP contribution in [0.3, 0.4) is 0 Å². The quantitative estimate of drug-likeness (QED) is 0.909. The molecule has 2 nitrogen and oxygen atoms in total. The SMILES string of the molecule is CCN1CCCC(NC2CC(c3cccc(F)c3)C2)C1. The largest absolute Gasteiger partial charge is 0.310 e. The van der Waals surface area contributed by atoms with E-state index < -0.39 is 0 Å². The second-order valence-corrected chi connectivity index (χ2v) is 6.32. The molecule has 1 heterocycles. The second kappa shape index (κ2) is 6.23. The van der Waals surface area contributed by atoms with Crippen LogP contribution in [0.15, 0.2) is 24.3 Å². The van der Waals surface area contributed by atoms with E-state index in [0.717, 1.165) is 19.4 Å². The number of rotatable bonds is 4. The molecular formula is C17H25FN2. The zero-order chi connectivity index (χ0) is 13.9. The first-order valence-electron chi connectivity index (χ1n) is 7.98. The molecule has 3 heteroatoms. The summed E-state index contributed by atoms with van der Waals surface area (Å²) in [6, 6.07) is 8.39. The first-order valence-corrected chi connectivity index (χ1v) is 7.98. The average Bonchev–Trinajstić information content (AvgIpc) is 2.42. The monoisotopic (exact) mass is 276 g/mol. The summed E-state index contributed by atoms with van der Waals surface area (Å²) in [5.41, 5.74) is 1.17. The van der Waals surface area contributed by atoms with Crippen LogP contribution in [0.4, 0.5) is 4.39 Å². The minimum absolute atomic E-state index is 0.107. The third-order valence-electron chi connectivity index (χ3n) is 4.88. The van der Waals surface area contributed by atoms with Gasteiger partial charge >= 0.3 is 0 Å². The molecular weight excluding hydrogens is 251 g/mol. The van der Waals surface area contributed by atoms with Gasteiger partial charge in [-0.25, -0.2) is 4.39 Å². The summed E-state index contributed by atoms with van der Waals surface area (Å²) in [6.07, 6.45) is 4.93. The molecule has 110 valence electrons. The van der Waals surface area contributed by atoms with Gasteiger partial charge < -0.3 is 10.2 Å². The number of likely N-dealkylation sites (N-methyl/N-ethyl adjacent to an activating group) is 1. The Balaban J connectivity index is 1.46. The minimum atomic E-state index is -0.107. The summed E-state index contributed by atoms with van der Waals surface area (Å²) < 4.78 is 13.2. The van der Waals surface area contributed by atoms with Crippen LogP contribution in [0.5, 0.6) is 0 Å². The number of piperidine rings is 1. The van der Waals surface area contributed by atoms with Crippen molar-refractivity contribution in [2.24, 2.45) is 0 Å². The van der Waals surface area contributed by atoms with Crippen molar-refractivity contribution in [1.82, 2.24) is 10.2 Å². The van der Waals surface area contributed by atoms with E-state index >= 15 is 0 Å². The van der Waals surface area contributed by atoms with Gasteiger partial charge in [-0.15, -0.1) is 0 Å². The molecule has 0 aromatic heterocycles. The summed E-state index contributed by atoms with van der Waals surface area (Å²) in [6.45, 7) is 5.85. The van der Waals surface area contributed by atoms with E-state index in [1.54, 1.807) is 6.07 Å². The molecule has 1 N–H and O–H groups in total. The molecule has 1 atom stereocenters. The molecule has 2 fully saturated rings. The van der Waals surface area contributed by atoms with Gasteiger partial charge in [0.15, 0.2) is 0 Å². The molecule has 20 heavy (non-hydrogen) atoms. The number of hydrogen-bond acceptors (Lipinski definition) is 2. The zero-order valence-corrected chi connectivity index (χ0v) is 12.3. The normalized spacial score (nSPS) is 31.0. The Bertz CT molecular complexity index is 442. The van der Waals surface area contributed by atoms with Crippen molar-refractivity contribution in [1.29, 1.82) is 0 Å². The van der Waals surface area contributed by atoms with Gasteiger partial charge in [0.2, 0.25) is 0 Å². The standard InChI is InChI=1S/C17H25FN2/c1-2-20-8-4-7-16(12-20)19-17-10-14(11-17)13-5-3-6-15(18)9-13/h3,5-6,9,14,16-17,19H,2,4,7-8,10-12H2,1H3. The molecule has 1 aromatic carbocycles. The van der Waals surface area contributed by atoms with Gasteiger partial charge in [0.1, 0.15) is 5.82 Å². The van der Waals surface area contributed by atoms with Crippen LogP contribution in [0, 0.1) is 5.82 Å². The third-order valence-corrected chi connectivity index (χ3v) is 4.88. The maximum atomic E-state index is 13.2. The van der Waals surface area contributed by atoms with E-state index in [2.05, 4.69) is 23.2 Å². The smallest absolute Gasteiger partial charge is 0.123 e. The van der Waals surface area contributed by atoms with Crippen LogP contribution in [-0.2, 0) is 0 Å². The van der Waals surface area contributed by atoms with Crippen LogP contribution < -0.4 is 5.32 Å². The Morgan fingerprint density at radius 3 is 2.90 bits per heavy atom. The van der Waals surface area contributed by atoms with Gasteiger partial charge in [0.05, 0.1) is 0 Å². The van der Waals surface area contributed by atoms with E-state index in [-0.39, 0.29) is 5.82 Å². The molecule has 1 unspecified atom stereocenters. The van der Waals surface area contributed by atoms with Crippen molar-refractivity contribution >= 4 is 0 Å². The lowest BCUT2D eigenvalue weighted by molar-refractivity contribution is 0.167. The number of benzene rings is 1. The van der Waals surface area contributed by atoms with Crippen LogP contribution in [0.1, 0.15) is 44.1 Å². The van der Waals surface area contributed by atoms with Crippen molar-refractivity contribution in [3.05, 3.63) is 35.6 Å². The summed E-state index contributed by atoms with van der Waals surface area (Å²) in [7, 11) is 0. The van der Waals surface area contributed by atoms with Crippen LogP contribution in [0.2, 0.25) is 0 Å². The molecule has 1 aromatic rings. The minimum Gasteiger partial charge on any atom is -0.310 e. The first-order chi connectivity index (χ1) is 9.74. The van der Waals surface area contributed by atoms with Crippen molar-refractivity contribution < 1.29 is 4.39 Å². The lowest BCUT2D eigenvalue weighted by Crippen LogP contribution is -2.52. The fourth-order valence-electron chi connectivity index (χ4n) is 3.60. The maximum Gasteiger partial charge on any atom is 0.123 e. The number of nitrogens with zero attached hydrogens (tertiary/aromatic N) is 1. The van der Waals surface area contributed by atoms with Crippen molar-refractivity contribution in [2.45, 2.75) is 50.6 Å². The fraction of sp³-hybridized carbons (Fsp3) is 0.647. The van der Waals surface area contributed by atoms with Crippen molar-refractivity contribution in [2.75, 3.05) is 19.6 Å². The molecule has 1 saturated carbocycles. The molecule has 1 aliphatic heterocycles. The van der Waals surface area contributed by atoms with Crippen LogP contribution >= 0.6 is 0 Å².